The number of anilines is 1. The Labute approximate surface area is 231 Å². The highest BCUT2D eigenvalue weighted by Gasteiger charge is 2.34. The van der Waals surface area contributed by atoms with Gasteiger partial charge in [-0.2, -0.15) is 8.78 Å². The molecule has 1 amide bonds. The SMILES string of the molecule is COc1cc(/C=c2/sc3n(c2=O)[C@H](c2ccc(C)o2)C(C(=O)Nc2ccccc2C)=C(C)N=3)ccc1OC(F)F. The molecule has 0 saturated heterocycles. The molecule has 2 aromatic carbocycles. The highest BCUT2D eigenvalue weighted by Crippen LogP contribution is 2.32. The molecule has 0 fully saturated rings. The van der Waals surface area contributed by atoms with Crippen molar-refractivity contribution in [1.82, 2.24) is 4.57 Å². The first-order chi connectivity index (χ1) is 19.2. The second kappa shape index (κ2) is 10.9. The highest BCUT2D eigenvalue weighted by atomic mass is 32.1. The van der Waals surface area contributed by atoms with Gasteiger partial charge in [0, 0.05) is 5.69 Å². The summed E-state index contributed by atoms with van der Waals surface area (Å²) < 4.78 is 42.8. The summed E-state index contributed by atoms with van der Waals surface area (Å²) in [5.74, 6) is 0.623. The number of fused-ring (bicyclic) bond motifs is 1. The lowest BCUT2D eigenvalue weighted by molar-refractivity contribution is -0.113. The number of nitrogens with one attached hydrogen (secondary N) is 1. The predicted molar refractivity (Wildman–Crippen MR) is 147 cm³/mol. The number of amides is 1. The normalized spacial score (nSPS) is 15.2. The van der Waals surface area contributed by atoms with Crippen LogP contribution < -0.4 is 29.7 Å². The molecule has 4 aromatic rings. The van der Waals surface area contributed by atoms with Crippen LogP contribution in [0.4, 0.5) is 14.5 Å². The van der Waals surface area contributed by atoms with E-state index in [1.165, 1.54) is 29.9 Å². The number of furan rings is 1. The summed E-state index contributed by atoms with van der Waals surface area (Å²) in [7, 11) is 1.34. The summed E-state index contributed by atoms with van der Waals surface area (Å²) >= 11 is 1.14. The minimum Gasteiger partial charge on any atom is -0.493 e. The Kier molecular flexibility index (Phi) is 7.40. The van der Waals surface area contributed by atoms with Crippen LogP contribution in [0.1, 0.15) is 35.6 Å². The summed E-state index contributed by atoms with van der Waals surface area (Å²) in [5.41, 5.74) is 2.41. The average Bonchev–Trinajstić information content (AvgIpc) is 3.47. The van der Waals surface area contributed by atoms with Crippen LogP contribution in [-0.2, 0) is 4.79 Å². The standard InChI is InChI=1S/C29H25F2N3O5S/c1-15-7-5-6-8-19(15)33-26(35)24-17(3)32-29-34(25(24)21-11-9-16(2)38-21)27(36)23(40-29)14-18-10-12-20(39-28(30)31)22(13-18)37-4/h5-14,25,28H,1-4H3,(H,33,35)/b23-14+/t25-/m1/s1. The number of thiazole rings is 1. The maximum absolute atomic E-state index is 13.8. The lowest BCUT2D eigenvalue weighted by Crippen LogP contribution is -2.40. The number of para-hydroxylation sites is 1. The zero-order valence-electron chi connectivity index (χ0n) is 22.0. The van der Waals surface area contributed by atoms with E-state index >= 15 is 0 Å². The van der Waals surface area contributed by atoms with Gasteiger partial charge in [-0.25, -0.2) is 4.99 Å². The Morgan fingerprint density at radius 2 is 1.90 bits per heavy atom. The molecule has 0 bridgehead atoms. The van der Waals surface area contributed by atoms with Crippen molar-refractivity contribution in [3.05, 3.63) is 108 Å². The minimum absolute atomic E-state index is 0.0942. The lowest BCUT2D eigenvalue weighted by Gasteiger charge is -2.23. The van der Waals surface area contributed by atoms with Crippen molar-refractivity contribution in [2.75, 3.05) is 12.4 Å². The van der Waals surface area contributed by atoms with E-state index in [1.807, 2.05) is 25.1 Å². The molecule has 0 spiro atoms. The predicted octanol–water partition coefficient (Wildman–Crippen LogP) is 4.69. The third-order valence-electron chi connectivity index (χ3n) is 6.39. The van der Waals surface area contributed by atoms with Crippen LogP contribution in [0.25, 0.3) is 6.08 Å². The number of aromatic nitrogens is 1. The summed E-state index contributed by atoms with van der Waals surface area (Å²) in [6.45, 7) is 2.39. The van der Waals surface area contributed by atoms with E-state index in [9.17, 15) is 18.4 Å². The molecule has 0 unspecified atom stereocenters. The number of allylic oxidation sites excluding steroid dienone is 1. The topological polar surface area (TPSA) is 95.1 Å². The second-order valence-electron chi connectivity index (χ2n) is 9.09. The van der Waals surface area contributed by atoms with Gasteiger partial charge in [0.1, 0.15) is 17.6 Å². The molecular formula is C29H25F2N3O5S. The smallest absolute Gasteiger partial charge is 0.387 e. The maximum atomic E-state index is 13.8. The molecule has 2 aromatic heterocycles. The molecule has 0 saturated carbocycles. The van der Waals surface area contributed by atoms with Crippen molar-refractivity contribution in [3.8, 4) is 11.5 Å². The number of hydrogen-bond donors (Lipinski definition) is 1. The first-order valence-corrected chi connectivity index (χ1v) is 13.1. The molecule has 3 heterocycles. The Morgan fingerprint density at radius 3 is 2.58 bits per heavy atom. The van der Waals surface area contributed by atoms with Gasteiger partial charge in [-0.05, 0) is 68.3 Å². The van der Waals surface area contributed by atoms with Crippen molar-refractivity contribution in [2.45, 2.75) is 33.4 Å². The number of rotatable bonds is 7. The molecule has 1 atom stereocenters. The average molecular weight is 566 g/mol. The number of benzene rings is 2. The van der Waals surface area contributed by atoms with E-state index < -0.39 is 18.6 Å². The van der Waals surface area contributed by atoms with Crippen LogP contribution in [0.15, 0.2) is 80.1 Å². The number of halogens is 2. The molecule has 1 N–H and O–H groups in total. The fraction of sp³-hybridized carbons (Fsp3) is 0.207. The van der Waals surface area contributed by atoms with Gasteiger partial charge in [-0.3, -0.25) is 14.2 Å². The number of carbonyl (C=O) groups is 1. The number of methoxy groups -OCH3 is 1. The van der Waals surface area contributed by atoms with Crippen LogP contribution in [0, 0.1) is 13.8 Å². The molecule has 40 heavy (non-hydrogen) atoms. The fourth-order valence-corrected chi connectivity index (χ4v) is 5.55. The minimum atomic E-state index is -3.01. The molecule has 0 radical (unpaired) electrons. The van der Waals surface area contributed by atoms with E-state index in [2.05, 4.69) is 15.0 Å². The number of carbonyl (C=O) groups excluding carboxylic acids is 1. The quantitative estimate of drug-likeness (QED) is 0.351. The molecule has 5 rings (SSSR count). The van der Waals surface area contributed by atoms with Crippen molar-refractivity contribution >= 4 is 29.0 Å². The summed E-state index contributed by atoms with van der Waals surface area (Å²) in [6, 6.07) is 14.4. The van der Waals surface area contributed by atoms with Gasteiger partial charge in [-0.15, -0.1) is 0 Å². The van der Waals surface area contributed by atoms with Gasteiger partial charge in [0.05, 0.1) is 22.9 Å². The van der Waals surface area contributed by atoms with Crippen LogP contribution in [0.5, 0.6) is 11.5 Å². The Balaban J connectivity index is 1.62. The van der Waals surface area contributed by atoms with Gasteiger partial charge < -0.3 is 19.2 Å². The zero-order chi connectivity index (χ0) is 28.6. The Bertz CT molecular complexity index is 1820. The largest absolute Gasteiger partial charge is 0.493 e. The highest BCUT2D eigenvalue weighted by molar-refractivity contribution is 7.07. The van der Waals surface area contributed by atoms with Gasteiger partial charge >= 0.3 is 6.61 Å². The number of alkyl halides is 2. The molecule has 8 nitrogen and oxygen atoms in total. The molecule has 11 heteroatoms. The van der Waals surface area contributed by atoms with E-state index in [0.717, 1.165) is 16.9 Å². The third-order valence-corrected chi connectivity index (χ3v) is 7.37. The van der Waals surface area contributed by atoms with E-state index in [4.69, 9.17) is 9.15 Å². The van der Waals surface area contributed by atoms with Crippen molar-refractivity contribution in [2.24, 2.45) is 4.99 Å². The van der Waals surface area contributed by atoms with E-state index in [-0.39, 0.29) is 22.6 Å². The first-order valence-electron chi connectivity index (χ1n) is 12.2. The molecule has 1 aliphatic rings. The number of hydrogen-bond acceptors (Lipinski definition) is 7. The molecule has 0 aliphatic carbocycles. The number of ether oxygens (including phenoxy) is 2. The fourth-order valence-electron chi connectivity index (χ4n) is 4.50. The zero-order valence-corrected chi connectivity index (χ0v) is 22.8. The molecular weight excluding hydrogens is 540 g/mol. The van der Waals surface area contributed by atoms with Gasteiger partial charge in [0.25, 0.3) is 11.5 Å². The Hall–Kier alpha value is -4.51. The maximum Gasteiger partial charge on any atom is 0.387 e. The van der Waals surface area contributed by atoms with E-state index in [0.29, 0.717) is 37.8 Å². The number of nitrogens with zero attached hydrogens (tertiary/aromatic N) is 2. The van der Waals surface area contributed by atoms with Crippen LogP contribution in [0.3, 0.4) is 0 Å². The van der Waals surface area contributed by atoms with Gasteiger partial charge in [0.2, 0.25) is 0 Å². The second-order valence-corrected chi connectivity index (χ2v) is 10.1. The third kappa shape index (κ3) is 5.20. The monoisotopic (exact) mass is 565 g/mol. The molecule has 206 valence electrons. The van der Waals surface area contributed by atoms with E-state index in [1.54, 1.807) is 38.1 Å². The van der Waals surface area contributed by atoms with Crippen molar-refractivity contribution in [3.63, 3.8) is 0 Å². The Morgan fingerprint density at radius 1 is 1.12 bits per heavy atom. The first kappa shape index (κ1) is 27.1. The molecule has 1 aliphatic heterocycles. The lowest BCUT2D eigenvalue weighted by atomic mass is 10.00. The van der Waals surface area contributed by atoms with Gasteiger partial charge in [-0.1, -0.05) is 35.6 Å². The van der Waals surface area contributed by atoms with Crippen LogP contribution in [0.2, 0.25) is 0 Å². The van der Waals surface area contributed by atoms with Crippen LogP contribution in [-0.4, -0.2) is 24.2 Å². The summed E-state index contributed by atoms with van der Waals surface area (Å²) in [4.78, 5) is 32.4. The number of aryl methyl sites for hydroxylation is 2. The van der Waals surface area contributed by atoms with Gasteiger partial charge in [0.15, 0.2) is 16.3 Å². The summed E-state index contributed by atoms with van der Waals surface area (Å²) in [5, 5.41) is 2.95. The van der Waals surface area contributed by atoms with Crippen molar-refractivity contribution < 1.29 is 27.5 Å². The van der Waals surface area contributed by atoms with Crippen LogP contribution >= 0.6 is 11.3 Å². The summed E-state index contributed by atoms with van der Waals surface area (Å²) in [6.07, 6.45) is 1.61. The van der Waals surface area contributed by atoms with Crippen molar-refractivity contribution in [1.29, 1.82) is 0 Å².